The number of hydrogen-bond donors (Lipinski definition) is 0. The number of para-hydroxylation sites is 2. The molecule has 2 atom stereocenters. The molecule has 0 bridgehead atoms. The molecule has 1 aromatic heterocycles. The van der Waals surface area contributed by atoms with Crippen LogP contribution in [0.25, 0.3) is 11.4 Å². The zero-order valence-corrected chi connectivity index (χ0v) is 19.5. The monoisotopic (exact) mass is 478 g/mol. The molecule has 0 radical (unpaired) electrons. The molecule has 3 heterocycles. The van der Waals surface area contributed by atoms with Gasteiger partial charge < -0.3 is 19.1 Å². The number of hydrogen-bond acceptors (Lipinski definition) is 6. The lowest BCUT2D eigenvalue weighted by Crippen LogP contribution is -2.43. The van der Waals surface area contributed by atoms with Crippen LogP contribution >= 0.6 is 0 Å². The van der Waals surface area contributed by atoms with Gasteiger partial charge in [-0.3, -0.25) is 9.59 Å². The van der Waals surface area contributed by atoms with E-state index in [2.05, 4.69) is 10.1 Å². The van der Waals surface area contributed by atoms with Crippen LogP contribution in [0.15, 0.2) is 53.1 Å². The molecule has 2 aromatic carbocycles. The van der Waals surface area contributed by atoms with Gasteiger partial charge in [0.05, 0.1) is 24.1 Å². The summed E-state index contributed by atoms with van der Waals surface area (Å²) < 4.78 is 24.7. The molecule has 182 valence electrons. The van der Waals surface area contributed by atoms with Crippen LogP contribution in [0.5, 0.6) is 5.75 Å². The molecular weight excluding hydrogens is 451 g/mol. The van der Waals surface area contributed by atoms with Crippen molar-refractivity contribution >= 4 is 17.5 Å². The number of amides is 2. The minimum atomic E-state index is -0.415. The fourth-order valence-electron chi connectivity index (χ4n) is 4.85. The Kier molecular flexibility index (Phi) is 6.48. The van der Waals surface area contributed by atoms with Crippen molar-refractivity contribution in [2.45, 2.75) is 32.1 Å². The van der Waals surface area contributed by atoms with Crippen LogP contribution in [0.3, 0.4) is 0 Å². The van der Waals surface area contributed by atoms with Crippen LogP contribution in [0.4, 0.5) is 10.1 Å². The largest absolute Gasteiger partial charge is 0.492 e. The standard InChI is InChI=1S/C26H27FN4O4/c1-2-34-22-11-4-3-10-21(22)31-16-19(14-23(31)32)26(33)30-12-6-8-18(15-30)25-28-24(29-35-25)17-7-5-9-20(27)13-17/h3-5,7,9-11,13,18-19H,2,6,8,12,14-16H2,1H3. The molecule has 2 aliphatic rings. The number of carbonyl (C=O) groups is 2. The molecule has 0 saturated carbocycles. The Hall–Kier alpha value is -3.75. The maximum Gasteiger partial charge on any atom is 0.231 e. The summed E-state index contributed by atoms with van der Waals surface area (Å²) in [5.41, 5.74) is 1.24. The number of ether oxygens (including phenoxy) is 1. The second kappa shape index (κ2) is 9.85. The number of anilines is 1. The van der Waals surface area contributed by atoms with Crippen LogP contribution in [0.2, 0.25) is 0 Å². The minimum absolute atomic E-state index is 0.0377. The molecule has 0 aliphatic carbocycles. The van der Waals surface area contributed by atoms with Crippen LogP contribution in [0, 0.1) is 11.7 Å². The number of piperidine rings is 1. The highest BCUT2D eigenvalue weighted by Crippen LogP contribution is 2.35. The van der Waals surface area contributed by atoms with E-state index in [1.54, 1.807) is 21.9 Å². The van der Waals surface area contributed by atoms with Gasteiger partial charge in [0.25, 0.3) is 0 Å². The lowest BCUT2D eigenvalue weighted by atomic mass is 9.96. The molecule has 2 saturated heterocycles. The Morgan fingerprint density at radius 3 is 2.89 bits per heavy atom. The Morgan fingerprint density at radius 2 is 2.06 bits per heavy atom. The third-order valence-corrected chi connectivity index (χ3v) is 6.54. The zero-order valence-electron chi connectivity index (χ0n) is 19.5. The Labute approximate surface area is 202 Å². The van der Waals surface area contributed by atoms with Gasteiger partial charge in [0.2, 0.25) is 23.5 Å². The third-order valence-electron chi connectivity index (χ3n) is 6.54. The maximum absolute atomic E-state index is 13.6. The zero-order chi connectivity index (χ0) is 24.4. The maximum atomic E-state index is 13.6. The quantitative estimate of drug-likeness (QED) is 0.532. The lowest BCUT2D eigenvalue weighted by Gasteiger charge is -2.32. The molecule has 2 amide bonds. The third kappa shape index (κ3) is 4.76. The Morgan fingerprint density at radius 1 is 1.20 bits per heavy atom. The van der Waals surface area contributed by atoms with Crippen molar-refractivity contribution in [3.8, 4) is 17.1 Å². The highest BCUT2D eigenvalue weighted by atomic mass is 19.1. The summed E-state index contributed by atoms with van der Waals surface area (Å²) in [5.74, 6) is 0.401. The summed E-state index contributed by atoms with van der Waals surface area (Å²) in [6.45, 7) is 3.79. The first-order valence-corrected chi connectivity index (χ1v) is 11.9. The molecule has 3 aromatic rings. The van der Waals surface area contributed by atoms with E-state index < -0.39 is 5.92 Å². The average molecular weight is 479 g/mol. The highest BCUT2D eigenvalue weighted by molar-refractivity contribution is 6.01. The van der Waals surface area contributed by atoms with Gasteiger partial charge in [0.15, 0.2) is 0 Å². The Balaban J connectivity index is 1.27. The molecule has 9 heteroatoms. The van der Waals surface area contributed by atoms with E-state index in [-0.39, 0.29) is 30.0 Å². The van der Waals surface area contributed by atoms with E-state index in [0.29, 0.717) is 55.0 Å². The van der Waals surface area contributed by atoms with Gasteiger partial charge in [-0.2, -0.15) is 4.98 Å². The first-order chi connectivity index (χ1) is 17.0. The van der Waals surface area contributed by atoms with Crippen LogP contribution < -0.4 is 9.64 Å². The van der Waals surface area contributed by atoms with Gasteiger partial charge in [-0.05, 0) is 44.0 Å². The fraction of sp³-hybridized carbons (Fsp3) is 0.385. The van der Waals surface area contributed by atoms with Crippen LogP contribution in [-0.4, -0.2) is 53.1 Å². The summed E-state index contributed by atoms with van der Waals surface area (Å²) in [4.78, 5) is 34.1. The number of halogens is 1. The smallest absolute Gasteiger partial charge is 0.231 e. The van der Waals surface area contributed by atoms with Gasteiger partial charge >= 0.3 is 0 Å². The van der Waals surface area contributed by atoms with Crippen molar-refractivity contribution in [2.24, 2.45) is 5.92 Å². The van der Waals surface area contributed by atoms with Gasteiger partial charge in [-0.15, -0.1) is 0 Å². The second-order valence-corrected chi connectivity index (χ2v) is 8.90. The number of aromatic nitrogens is 2. The summed E-state index contributed by atoms with van der Waals surface area (Å²) in [6, 6.07) is 13.4. The summed E-state index contributed by atoms with van der Waals surface area (Å²) in [7, 11) is 0. The first-order valence-electron chi connectivity index (χ1n) is 11.9. The SMILES string of the molecule is CCOc1ccccc1N1CC(C(=O)N2CCCC(c3nc(-c4cccc(F)c4)no3)C2)CC1=O. The van der Waals surface area contributed by atoms with Gasteiger partial charge in [-0.25, -0.2) is 4.39 Å². The lowest BCUT2D eigenvalue weighted by molar-refractivity contribution is -0.137. The van der Waals surface area contributed by atoms with Crippen molar-refractivity contribution in [1.29, 1.82) is 0 Å². The van der Waals surface area contributed by atoms with Gasteiger partial charge in [0, 0.05) is 31.6 Å². The van der Waals surface area contributed by atoms with Crippen molar-refractivity contribution in [2.75, 3.05) is 31.1 Å². The minimum Gasteiger partial charge on any atom is -0.492 e. The van der Waals surface area contributed by atoms with E-state index in [1.165, 1.54) is 12.1 Å². The fourth-order valence-corrected chi connectivity index (χ4v) is 4.85. The number of nitrogens with zero attached hydrogens (tertiary/aromatic N) is 4. The molecule has 35 heavy (non-hydrogen) atoms. The summed E-state index contributed by atoms with van der Waals surface area (Å²) in [5, 5.41) is 4.01. The van der Waals surface area contributed by atoms with E-state index in [4.69, 9.17) is 9.26 Å². The summed E-state index contributed by atoms with van der Waals surface area (Å²) in [6.07, 6.45) is 1.78. The number of rotatable bonds is 6. The number of benzene rings is 2. The van der Waals surface area contributed by atoms with E-state index in [9.17, 15) is 14.0 Å². The summed E-state index contributed by atoms with van der Waals surface area (Å²) >= 11 is 0. The molecule has 2 aliphatic heterocycles. The Bertz CT molecular complexity index is 1230. The van der Waals surface area contributed by atoms with Gasteiger partial charge in [-0.1, -0.05) is 29.4 Å². The highest BCUT2D eigenvalue weighted by Gasteiger charge is 2.40. The van der Waals surface area contributed by atoms with Gasteiger partial charge in [0.1, 0.15) is 11.6 Å². The van der Waals surface area contributed by atoms with Crippen LogP contribution in [0.1, 0.15) is 38.0 Å². The number of carbonyl (C=O) groups excluding carboxylic acids is 2. The molecular formula is C26H27FN4O4. The molecule has 0 spiro atoms. The van der Waals surface area contributed by atoms with Crippen LogP contribution in [-0.2, 0) is 9.59 Å². The predicted molar refractivity (Wildman–Crippen MR) is 126 cm³/mol. The molecule has 0 N–H and O–H groups in total. The van der Waals surface area contributed by atoms with E-state index in [0.717, 1.165) is 12.8 Å². The van der Waals surface area contributed by atoms with Crippen molar-refractivity contribution in [3.63, 3.8) is 0 Å². The van der Waals surface area contributed by atoms with E-state index in [1.807, 2.05) is 31.2 Å². The molecule has 5 rings (SSSR count). The van der Waals surface area contributed by atoms with Crippen molar-refractivity contribution in [1.82, 2.24) is 15.0 Å². The van der Waals surface area contributed by atoms with Crippen molar-refractivity contribution in [3.05, 3.63) is 60.2 Å². The second-order valence-electron chi connectivity index (χ2n) is 8.90. The molecule has 2 unspecified atom stereocenters. The van der Waals surface area contributed by atoms with E-state index >= 15 is 0 Å². The molecule has 8 nitrogen and oxygen atoms in total. The topological polar surface area (TPSA) is 88.8 Å². The van der Waals surface area contributed by atoms with Crippen molar-refractivity contribution < 1.29 is 23.2 Å². The predicted octanol–water partition coefficient (Wildman–Crippen LogP) is 4.03. The molecule has 2 fully saturated rings. The first kappa shape index (κ1) is 23.0. The average Bonchev–Trinajstić information content (AvgIpc) is 3.52. The normalized spacial score (nSPS) is 20.3. The number of likely N-dealkylation sites (tertiary alicyclic amines) is 1.